The zero-order valence-corrected chi connectivity index (χ0v) is 21.0. The molecule has 0 radical (unpaired) electrons. The number of halogens is 1. The molecule has 0 spiro atoms. The SMILES string of the molecule is CC1=C(C(=O)OCc2ccccc2)[C@@H](c2ccc(Br)cc2)C2=C(C[C@H](c3ccccc3)CC2=O)N1. The molecule has 0 fully saturated rings. The van der Waals surface area contributed by atoms with Crippen molar-refractivity contribution in [3.05, 3.63) is 129 Å². The normalized spacial score (nSPS) is 19.8. The number of nitrogens with one attached hydrogen (secondary N) is 1. The molecule has 1 heterocycles. The van der Waals surface area contributed by atoms with Gasteiger partial charge in [0, 0.05) is 33.8 Å². The average molecular weight is 528 g/mol. The number of ketones is 1. The first-order chi connectivity index (χ1) is 17.0. The van der Waals surface area contributed by atoms with E-state index in [2.05, 4.69) is 33.4 Å². The topological polar surface area (TPSA) is 55.4 Å². The quantitative estimate of drug-likeness (QED) is 0.382. The van der Waals surface area contributed by atoms with Gasteiger partial charge in [-0.3, -0.25) is 4.79 Å². The van der Waals surface area contributed by atoms with Crippen molar-refractivity contribution in [3.8, 4) is 0 Å². The van der Waals surface area contributed by atoms with Crippen molar-refractivity contribution >= 4 is 27.7 Å². The summed E-state index contributed by atoms with van der Waals surface area (Å²) < 4.78 is 6.68. The van der Waals surface area contributed by atoms with Crippen LogP contribution in [0.2, 0.25) is 0 Å². The van der Waals surface area contributed by atoms with Gasteiger partial charge in [0.15, 0.2) is 5.78 Å². The van der Waals surface area contributed by atoms with E-state index < -0.39 is 11.9 Å². The molecule has 0 saturated heterocycles. The molecule has 0 saturated carbocycles. The highest BCUT2D eigenvalue weighted by atomic mass is 79.9. The summed E-state index contributed by atoms with van der Waals surface area (Å²) in [7, 11) is 0. The monoisotopic (exact) mass is 527 g/mol. The summed E-state index contributed by atoms with van der Waals surface area (Å²) in [5.41, 5.74) is 5.79. The molecule has 5 rings (SSSR count). The van der Waals surface area contributed by atoms with Gasteiger partial charge in [0.2, 0.25) is 0 Å². The van der Waals surface area contributed by atoms with Crippen LogP contribution in [0.4, 0.5) is 0 Å². The number of esters is 1. The Hall–Kier alpha value is -3.44. The van der Waals surface area contributed by atoms with Crippen molar-refractivity contribution in [1.82, 2.24) is 5.32 Å². The molecular formula is C30H26BrNO3. The van der Waals surface area contributed by atoms with E-state index in [4.69, 9.17) is 4.74 Å². The number of Topliss-reactive ketones (excluding diaryl/α,β-unsaturated/α-hetero) is 1. The van der Waals surface area contributed by atoms with Crippen LogP contribution in [0, 0.1) is 0 Å². The van der Waals surface area contributed by atoms with Crippen molar-refractivity contribution in [2.75, 3.05) is 0 Å². The Kier molecular flexibility index (Phi) is 6.69. The summed E-state index contributed by atoms with van der Waals surface area (Å²) in [6.45, 7) is 2.07. The van der Waals surface area contributed by atoms with E-state index in [0.29, 0.717) is 17.6 Å². The molecule has 4 nitrogen and oxygen atoms in total. The van der Waals surface area contributed by atoms with E-state index in [1.807, 2.05) is 79.7 Å². The van der Waals surface area contributed by atoms with Gasteiger partial charge in [-0.1, -0.05) is 88.7 Å². The van der Waals surface area contributed by atoms with Crippen molar-refractivity contribution < 1.29 is 14.3 Å². The van der Waals surface area contributed by atoms with Gasteiger partial charge in [0.25, 0.3) is 0 Å². The number of ether oxygens (including phenoxy) is 1. The minimum Gasteiger partial charge on any atom is -0.457 e. The lowest BCUT2D eigenvalue weighted by Gasteiger charge is -2.36. The Labute approximate surface area is 213 Å². The van der Waals surface area contributed by atoms with Crippen LogP contribution in [0.25, 0.3) is 0 Å². The fourth-order valence-corrected chi connectivity index (χ4v) is 5.32. The fourth-order valence-electron chi connectivity index (χ4n) is 5.06. The van der Waals surface area contributed by atoms with Crippen LogP contribution >= 0.6 is 15.9 Å². The molecule has 5 heteroatoms. The molecule has 1 N–H and O–H groups in total. The lowest BCUT2D eigenvalue weighted by atomic mass is 9.72. The summed E-state index contributed by atoms with van der Waals surface area (Å²) in [6, 6.07) is 27.6. The molecule has 0 aromatic heterocycles. The second-order valence-corrected chi connectivity index (χ2v) is 9.96. The highest BCUT2D eigenvalue weighted by molar-refractivity contribution is 9.10. The van der Waals surface area contributed by atoms with E-state index in [9.17, 15) is 9.59 Å². The van der Waals surface area contributed by atoms with Gasteiger partial charge >= 0.3 is 5.97 Å². The fraction of sp³-hybridized carbons (Fsp3) is 0.200. The average Bonchev–Trinajstić information content (AvgIpc) is 2.88. The standard InChI is InChI=1S/C30H26BrNO3/c1-19-27(30(34)35-18-20-8-4-2-5-9-20)28(22-12-14-24(31)15-13-22)29-25(32-19)16-23(17-26(29)33)21-10-6-3-7-11-21/h2-15,23,28,32H,16-18H2,1H3/t23-,28+/m0/s1. The summed E-state index contributed by atoms with van der Waals surface area (Å²) in [4.78, 5) is 27.1. The van der Waals surface area contributed by atoms with Gasteiger partial charge in [-0.25, -0.2) is 4.79 Å². The van der Waals surface area contributed by atoms with Crippen LogP contribution < -0.4 is 5.32 Å². The lowest BCUT2D eigenvalue weighted by Crippen LogP contribution is -2.36. The van der Waals surface area contributed by atoms with Gasteiger partial charge in [-0.15, -0.1) is 0 Å². The molecule has 176 valence electrons. The number of allylic oxidation sites excluding steroid dienone is 3. The minimum absolute atomic E-state index is 0.0707. The highest BCUT2D eigenvalue weighted by Crippen LogP contribution is 2.45. The summed E-state index contributed by atoms with van der Waals surface area (Å²) in [5, 5.41) is 3.42. The highest BCUT2D eigenvalue weighted by Gasteiger charge is 2.41. The Morgan fingerprint density at radius 3 is 2.26 bits per heavy atom. The first kappa shape index (κ1) is 23.3. The van der Waals surface area contributed by atoms with Crippen molar-refractivity contribution in [1.29, 1.82) is 0 Å². The van der Waals surface area contributed by atoms with Gasteiger partial charge < -0.3 is 10.1 Å². The van der Waals surface area contributed by atoms with Crippen molar-refractivity contribution in [3.63, 3.8) is 0 Å². The van der Waals surface area contributed by atoms with Gasteiger partial charge in [-0.2, -0.15) is 0 Å². The van der Waals surface area contributed by atoms with E-state index in [1.54, 1.807) is 0 Å². The zero-order valence-electron chi connectivity index (χ0n) is 19.5. The first-order valence-electron chi connectivity index (χ1n) is 11.8. The first-order valence-corrected chi connectivity index (χ1v) is 12.6. The van der Waals surface area contributed by atoms with Crippen molar-refractivity contribution in [2.45, 2.75) is 38.2 Å². The lowest BCUT2D eigenvalue weighted by molar-refractivity contribution is -0.140. The number of benzene rings is 3. The predicted octanol–water partition coefficient (Wildman–Crippen LogP) is 6.55. The number of rotatable bonds is 5. The molecule has 1 aliphatic heterocycles. The van der Waals surface area contributed by atoms with Crippen LogP contribution in [0.5, 0.6) is 0 Å². The second-order valence-electron chi connectivity index (χ2n) is 9.04. The number of hydrogen-bond acceptors (Lipinski definition) is 4. The molecule has 35 heavy (non-hydrogen) atoms. The number of carbonyl (C=O) groups is 2. The molecule has 2 atom stereocenters. The van der Waals surface area contributed by atoms with Crippen LogP contribution in [0.15, 0.2) is 112 Å². The van der Waals surface area contributed by atoms with Gasteiger partial charge in [0.1, 0.15) is 6.61 Å². The van der Waals surface area contributed by atoms with E-state index in [-0.39, 0.29) is 18.3 Å². The van der Waals surface area contributed by atoms with Crippen LogP contribution in [-0.4, -0.2) is 11.8 Å². The minimum atomic E-state index is -0.466. The Morgan fingerprint density at radius 2 is 1.57 bits per heavy atom. The Morgan fingerprint density at radius 1 is 0.914 bits per heavy atom. The number of hydrogen-bond donors (Lipinski definition) is 1. The van der Waals surface area contributed by atoms with Crippen LogP contribution in [0.3, 0.4) is 0 Å². The van der Waals surface area contributed by atoms with E-state index in [1.165, 1.54) is 0 Å². The third kappa shape index (κ3) is 4.87. The Balaban J connectivity index is 1.51. The molecule has 0 unspecified atom stereocenters. The molecule has 1 aliphatic carbocycles. The van der Waals surface area contributed by atoms with E-state index in [0.717, 1.165) is 39.0 Å². The number of carbonyl (C=O) groups excluding carboxylic acids is 2. The molecule has 0 amide bonds. The molecule has 3 aromatic rings. The maximum Gasteiger partial charge on any atom is 0.337 e. The third-order valence-corrected chi connectivity index (χ3v) is 7.26. The van der Waals surface area contributed by atoms with Crippen molar-refractivity contribution in [2.24, 2.45) is 0 Å². The summed E-state index contributed by atoms with van der Waals surface area (Å²) >= 11 is 3.50. The summed E-state index contributed by atoms with van der Waals surface area (Å²) in [5.74, 6) is -0.690. The molecule has 2 aliphatic rings. The summed E-state index contributed by atoms with van der Waals surface area (Å²) in [6.07, 6.45) is 1.14. The zero-order chi connectivity index (χ0) is 24.4. The maximum absolute atomic E-state index is 13.6. The number of dihydropyridines is 1. The molecule has 3 aromatic carbocycles. The molecule has 0 bridgehead atoms. The van der Waals surface area contributed by atoms with E-state index >= 15 is 0 Å². The Bertz CT molecular complexity index is 1310. The predicted molar refractivity (Wildman–Crippen MR) is 139 cm³/mol. The van der Waals surface area contributed by atoms with Crippen LogP contribution in [-0.2, 0) is 20.9 Å². The smallest absolute Gasteiger partial charge is 0.337 e. The third-order valence-electron chi connectivity index (χ3n) is 6.73. The second kappa shape index (κ2) is 10.0. The van der Waals surface area contributed by atoms with Gasteiger partial charge in [0.05, 0.1) is 5.57 Å². The van der Waals surface area contributed by atoms with Gasteiger partial charge in [-0.05, 0) is 48.1 Å². The van der Waals surface area contributed by atoms with Crippen LogP contribution in [0.1, 0.15) is 48.3 Å². The molecular weight excluding hydrogens is 502 g/mol. The largest absolute Gasteiger partial charge is 0.457 e. The maximum atomic E-state index is 13.6.